The molecule has 1 aliphatic rings. The topological polar surface area (TPSA) is 74.7 Å². The number of cyclic esters (lactones) is 1. The summed E-state index contributed by atoms with van der Waals surface area (Å²) in [4.78, 5) is 33.6. The first-order chi connectivity index (χ1) is 22.5. The van der Waals surface area contributed by atoms with Gasteiger partial charge in [0.25, 0.3) is 0 Å². The van der Waals surface area contributed by atoms with E-state index in [9.17, 15) is 9.59 Å². The average Bonchev–Trinajstić information content (AvgIpc) is 3.44. The van der Waals surface area contributed by atoms with Gasteiger partial charge in [-0.15, -0.1) is 11.3 Å². The van der Waals surface area contributed by atoms with E-state index in [0.29, 0.717) is 12.3 Å². The summed E-state index contributed by atoms with van der Waals surface area (Å²) in [5, 5.41) is 2.93. The maximum atomic E-state index is 15.0. The predicted octanol–water partition coefficient (Wildman–Crippen LogP) is 11.6. The van der Waals surface area contributed by atoms with E-state index in [-0.39, 0.29) is 41.2 Å². The highest BCUT2D eigenvalue weighted by Gasteiger charge is 2.50. The monoisotopic (exact) mass is 733 g/mol. The number of allylic oxidation sites excluding steroid dienone is 1. The first-order valence-corrected chi connectivity index (χ1v) is 25.2. The fourth-order valence-electron chi connectivity index (χ4n) is 6.73. The summed E-state index contributed by atoms with van der Waals surface area (Å²) in [6.45, 7) is 34.6. The normalized spacial score (nSPS) is 28.6. The molecule has 0 saturated carbocycles. The number of hydrogen-bond acceptors (Lipinski definition) is 7. The van der Waals surface area contributed by atoms with Crippen molar-refractivity contribution in [1.82, 2.24) is 4.98 Å². The Morgan fingerprint density at radius 1 is 1.06 bits per heavy atom. The molecule has 0 bridgehead atoms. The zero-order chi connectivity index (χ0) is 37.5. The summed E-state index contributed by atoms with van der Waals surface area (Å²) in [6, 6.07) is 3.09. The van der Waals surface area contributed by atoms with Crippen molar-refractivity contribution in [1.29, 1.82) is 0 Å². The molecule has 0 aliphatic carbocycles. The van der Waals surface area contributed by atoms with Crippen molar-refractivity contribution in [2.24, 2.45) is 23.2 Å². The van der Waals surface area contributed by atoms with Crippen molar-refractivity contribution in [3.8, 4) is 0 Å². The molecule has 49 heavy (non-hydrogen) atoms. The van der Waals surface area contributed by atoms with Gasteiger partial charge in [-0.2, -0.15) is 0 Å². The first-order valence-electron chi connectivity index (χ1n) is 18.9. The molecule has 2 rings (SSSR count). The van der Waals surface area contributed by atoms with E-state index in [1.54, 1.807) is 11.3 Å². The van der Waals surface area contributed by atoms with E-state index < -0.39 is 34.3 Å². The zero-order valence-electron chi connectivity index (χ0n) is 34.0. The first kappa shape index (κ1) is 43.8. The lowest BCUT2D eigenvalue weighted by Crippen LogP contribution is -2.54. The maximum Gasteiger partial charge on any atom is 0.309 e. The van der Waals surface area contributed by atoms with Gasteiger partial charge in [-0.1, -0.05) is 87.8 Å². The molecule has 1 aliphatic heterocycles. The molecule has 0 saturated heterocycles. The molecule has 0 unspecified atom stereocenters. The second kappa shape index (κ2) is 17.9. The van der Waals surface area contributed by atoms with E-state index in [1.807, 2.05) is 39.2 Å². The van der Waals surface area contributed by atoms with E-state index in [1.165, 1.54) is 5.57 Å². The largest absolute Gasteiger partial charge is 0.457 e. The van der Waals surface area contributed by atoms with Crippen LogP contribution in [0.3, 0.4) is 0 Å². The number of rotatable bonds is 9. The molecule has 0 aromatic carbocycles. The van der Waals surface area contributed by atoms with Crippen LogP contribution in [0.1, 0.15) is 126 Å². The van der Waals surface area contributed by atoms with Gasteiger partial charge in [-0.05, 0) is 93.4 Å². The molecular weight excluding hydrogens is 663 g/mol. The molecular formula is C40H71NO5SSi2. The van der Waals surface area contributed by atoms with Crippen molar-refractivity contribution < 1.29 is 23.2 Å². The third-order valence-corrected chi connectivity index (χ3v) is 22.1. The SMILES string of the molecule is CC[Si](CC)(CC)O[C@H]1[C@@H](C)[C@@H](C)CC/C(C)=C\C[C@@H](/C(C)=C/c2csc(C)n2)OC(=O)C[C@H](O[Si](C)(C)C(C)(C)C)C(C)(C)C(=O)[C@@H]1C. The lowest BCUT2D eigenvalue weighted by atomic mass is 9.71. The number of aryl methyl sites for hydroxylation is 1. The van der Waals surface area contributed by atoms with Crippen molar-refractivity contribution >= 4 is 45.8 Å². The highest BCUT2D eigenvalue weighted by molar-refractivity contribution is 7.09. The van der Waals surface area contributed by atoms with Crippen LogP contribution >= 0.6 is 11.3 Å². The highest BCUT2D eigenvalue weighted by Crippen LogP contribution is 2.43. The van der Waals surface area contributed by atoms with Crippen LogP contribution < -0.4 is 0 Å². The molecule has 280 valence electrons. The smallest absolute Gasteiger partial charge is 0.309 e. The Kier molecular flexibility index (Phi) is 16.0. The van der Waals surface area contributed by atoms with Gasteiger partial charge in [0, 0.05) is 23.1 Å². The summed E-state index contributed by atoms with van der Waals surface area (Å²) in [5.41, 5.74) is 2.17. The quantitative estimate of drug-likeness (QED) is 0.143. The number of carbonyl (C=O) groups is 2. The predicted molar refractivity (Wildman–Crippen MR) is 213 cm³/mol. The minimum Gasteiger partial charge on any atom is -0.457 e. The molecule has 1 aromatic heterocycles. The number of thiazole rings is 1. The average molecular weight is 734 g/mol. The third kappa shape index (κ3) is 11.5. The van der Waals surface area contributed by atoms with Crippen molar-refractivity contribution in [3.05, 3.63) is 33.3 Å². The van der Waals surface area contributed by atoms with Crippen LogP contribution in [0, 0.1) is 30.1 Å². The Balaban J connectivity index is 2.71. The van der Waals surface area contributed by atoms with Crippen LogP contribution in [-0.2, 0) is 23.2 Å². The second-order valence-corrected chi connectivity index (χ2v) is 27.6. The lowest BCUT2D eigenvalue weighted by Gasteiger charge is -2.46. The molecule has 2 heterocycles. The summed E-state index contributed by atoms with van der Waals surface area (Å²) >= 11 is 1.61. The number of aromatic nitrogens is 1. The van der Waals surface area contributed by atoms with E-state index >= 15 is 0 Å². The summed E-state index contributed by atoms with van der Waals surface area (Å²) in [7, 11) is -4.43. The van der Waals surface area contributed by atoms with Gasteiger partial charge in [0.2, 0.25) is 0 Å². The van der Waals surface area contributed by atoms with Crippen molar-refractivity contribution in [2.75, 3.05) is 0 Å². The molecule has 0 N–H and O–H groups in total. The lowest BCUT2D eigenvalue weighted by molar-refractivity contribution is -0.153. The Bertz CT molecular complexity index is 1300. The number of esters is 1. The van der Waals surface area contributed by atoms with Gasteiger partial charge in [-0.25, -0.2) is 4.98 Å². The Hall–Kier alpha value is -1.40. The molecule has 9 heteroatoms. The van der Waals surface area contributed by atoms with Crippen LogP contribution in [0.2, 0.25) is 36.3 Å². The zero-order valence-corrected chi connectivity index (χ0v) is 36.9. The van der Waals surface area contributed by atoms with Crippen LogP contribution in [0.4, 0.5) is 0 Å². The second-order valence-electron chi connectivity index (χ2n) is 17.1. The Labute approximate surface area is 306 Å². The molecule has 0 amide bonds. The van der Waals surface area contributed by atoms with Gasteiger partial charge in [0.15, 0.2) is 16.6 Å². The summed E-state index contributed by atoms with van der Waals surface area (Å²) < 4.78 is 20.7. The van der Waals surface area contributed by atoms with E-state index in [4.69, 9.17) is 13.6 Å². The highest BCUT2D eigenvalue weighted by atomic mass is 32.1. The number of carbonyl (C=O) groups excluding carboxylic acids is 2. The van der Waals surface area contributed by atoms with Crippen molar-refractivity contribution in [3.63, 3.8) is 0 Å². The number of hydrogen-bond donors (Lipinski definition) is 0. The maximum absolute atomic E-state index is 15.0. The third-order valence-electron chi connectivity index (χ3n) is 12.1. The van der Waals surface area contributed by atoms with Crippen molar-refractivity contribution in [2.45, 2.75) is 177 Å². The fourth-order valence-corrected chi connectivity index (χ4v) is 11.7. The van der Waals surface area contributed by atoms with E-state index in [0.717, 1.165) is 47.2 Å². The number of Topliss-reactive ketones (excluding diaryl/α,β-unsaturated/α-hetero) is 1. The molecule has 0 radical (unpaired) electrons. The van der Waals surface area contributed by atoms with Gasteiger partial charge in [0.1, 0.15) is 11.9 Å². The minimum atomic E-state index is -2.39. The van der Waals surface area contributed by atoms with Gasteiger partial charge in [0.05, 0.1) is 29.3 Å². The van der Waals surface area contributed by atoms with Gasteiger partial charge in [-0.3, -0.25) is 9.59 Å². The Morgan fingerprint density at radius 2 is 1.65 bits per heavy atom. The molecule has 6 nitrogen and oxygen atoms in total. The summed E-state index contributed by atoms with van der Waals surface area (Å²) in [5.74, 6) is -0.0363. The van der Waals surface area contributed by atoms with Crippen LogP contribution in [0.5, 0.6) is 0 Å². The Morgan fingerprint density at radius 3 is 2.16 bits per heavy atom. The fraction of sp³-hybridized carbons (Fsp3) is 0.775. The van der Waals surface area contributed by atoms with E-state index in [2.05, 4.69) is 93.4 Å². The van der Waals surface area contributed by atoms with Gasteiger partial charge >= 0.3 is 5.97 Å². The van der Waals surface area contributed by atoms with Crippen LogP contribution in [0.15, 0.2) is 22.6 Å². The number of ether oxygens (including phenoxy) is 1. The number of ketones is 1. The summed E-state index contributed by atoms with van der Waals surface area (Å²) in [6.07, 6.45) is 5.54. The molecule has 6 atom stereocenters. The standard InChI is InChI=1S/C40H71NO5SSi2/c1-17-49(18-2,19-3)46-37-30(7)28(5)22-20-27(4)21-23-34(29(6)24-33-26-47-32(9)41-33)44-36(42)25-35(40(13,14)38(43)31(37)8)45-48(15,16)39(10,11)12/h21,24,26,28,30-31,34-35,37H,17-20,22-23,25H2,1-16H3/b27-21-,29-24+/t28-,30-,31+,34-,35-,37-/m0/s1. The molecule has 0 spiro atoms. The number of nitrogens with zero attached hydrogens (tertiary/aromatic N) is 1. The minimum absolute atomic E-state index is 0.00923. The van der Waals surface area contributed by atoms with Gasteiger partial charge < -0.3 is 13.6 Å². The van der Waals surface area contributed by atoms with Crippen LogP contribution in [0.25, 0.3) is 6.08 Å². The molecule has 1 aromatic rings. The molecule has 0 fully saturated rings. The van der Waals surface area contributed by atoms with Crippen LogP contribution in [-0.4, -0.2) is 51.7 Å².